The van der Waals surface area contributed by atoms with Gasteiger partial charge in [0.1, 0.15) is 0 Å². The van der Waals surface area contributed by atoms with Crippen LogP contribution in [0.2, 0.25) is 0 Å². The van der Waals surface area contributed by atoms with E-state index in [1.165, 1.54) is 27.6 Å². The van der Waals surface area contributed by atoms with Crippen LogP contribution in [-0.2, 0) is 13.0 Å². The van der Waals surface area contributed by atoms with Gasteiger partial charge < -0.3 is 5.32 Å². The minimum absolute atomic E-state index is 0.531. The van der Waals surface area contributed by atoms with Gasteiger partial charge in [0.2, 0.25) is 0 Å². The van der Waals surface area contributed by atoms with Gasteiger partial charge in [-0.3, -0.25) is 0 Å². The van der Waals surface area contributed by atoms with Crippen LogP contribution in [0.3, 0.4) is 0 Å². The lowest BCUT2D eigenvalue weighted by Crippen LogP contribution is -2.25. The monoisotopic (exact) mass is 295 g/mol. The van der Waals surface area contributed by atoms with E-state index in [1.54, 1.807) is 0 Å². The highest BCUT2D eigenvalue weighted by Crippen LogP contribution is 2.25. The zero-order valence-corrected chi connectivity index (χ0v) is 13.2. The summed E-state index contributed by atoms with van der Waals surface area (Å²) in [6.07, 6.45) is 2.31. The maximum absolute atomic E-state index is 3.65. The fourth-order valence-electron chi connectivity index (χ4n) is 2.58. The molecule has 0 saturated carbocycles. The molecule has 1 nitrogen and oxygen atoms in total. The molecular formula is C19H21NS. The average Bonchev–Trinajstić information content (AvgIpc) is 2.95. The number of benzene rings is 2. The van der Waals surface area contributed by atoms with E-state index in [0.717, 1.165) is 13.0 Å². The highest BCUT2D eigenvalue weighted by Gasteiger charge is 2.06. The maximum atomic E-state index is 3.65. The first kappa shape index (κ1) is 14.3. The molecule has 0 spiro atoms. The SMILES string of the molecule is CC(CCc1ccccc1)NCc1csc2ccccc12. The van der Waals surface area contributed by atoms with Gasteiger partial charge in [0.15, 0.2) is 0 Å². The summed E-state index contributed by atoms with van der Waals surface area (Å²) in [4.78, 5) is 0. The van der Waals surface area contributed by atoms with Crippen LogP contribution in [0.25, 0.3) is 10.1 Å². The van der Waals surface area contributed by atoms with E-state index in [4.69, 9.17) is 0 Å². The van der Waals surface area contributed by atoms with Gasteiger partial charge in [-0.25, -0.2) is 0 Å². The highest BCUT2D eigenvalue weighted by atomic mass is 32.1. The van der Waals surface area contributed by atoms with E-state index in [-0.39, 0.29) is 0 Å². The number of nitrogens with one attached hydrogen (secondary N) is 1. The Hall–Kier alpha value is -1.64. The van der Waals surface area contributed by atoms with Crippen molar-refractivity contribution in [2.24, 2.45) is 0 Å². The lowest BCUT2D eigenvalue weighted by Gasteiger charge is -2.13. The molecule has 2 aromatic carbocycles. The predicted molar refractivity (Wildman–Crippen MR) is 92.9 cm³/mol. The van der Waals surface area contributed by atoms with Crippen molar-refractivity contribution in [3.8, 4) is 0 Å². The van der Waals surface area contributed by atoms with E-state index in [1.807, 2.05) is 11.3 Å². The van der Waals surface area contributed by atoms with Gasteiger partial charge in [-0.1, -0.05) is 48.5 Å². The topological polar surface area (TPSA) is 12.0 Å². The third-order valence-corrected chi connectivity index (χ3v) is 4.92. The third kappa shape index (κ3) is 3.72. The number of hydrogen-bond acceptors (Lipinski definition) is 2. The normalized spacial score (nSPS) is 12.6. The number of thiophene rings is 1. The van der Waals surface area contributed by atoms with Crippen LogP contribution in [0, 0.1) is 0 Å². The van der Waals surface area contributed by atoms with E-state index in [2.05, 4.69) is 72.2 Å². The molecule has 0 amide bonds. The highest BCUT2D eigenvalue weighted by molar-refractivity contribution is 7.17. The molecule has 0 saturated heterocycles. The smallest absolute Gasteiger partial charge is 0.0346 e. The summed E-state index contributed by atoms with van der Waals surface area (Å²) in [6.45, 7) is 3.23. The molecule has 1 aromatic heterocycles. The quantitative estimate of drug-likeness (QED) is 0.674. The molecule has 0 radical (unpaired) electrons. The summed E-state index contributed by atoms with van der Waals surface area (Å²) in [7, 11) is 0. The molecule has 0 fully saturated rings. The average molecular weight is 295 g/mol. The Bertz CT molecular complexity index is 687. The second-order valence-corrected chi connectivity index (χ2v) is 6.47. The molecule has 3 rings (SSSR count). The van der Waals surface area contributed by atoms with Gasteiger partial charge in [0.25, 0.3) is 0 Å². The second-order valence-electron chi connectivity index (χ2n) is 5.56. The fourth-order valence-corrected chi connectivity index (χ4v) is 3.55. The number of fused-ring (bicyclic) bond motifs is 1. The summed E-state index contributed by atoms with van der Waals surface area (Å²) in [5, 5.41) is 7.33. The van der Waals surface area contributed by atoms with Gasteiger partial charge in [0.05, 0.1) is 0 Å². The molecule has 108 valence electrons. The van der Waals surface area contributed by atoms with Crippen LogP contribution < -0.4 is 5.32 Å². The van der Waals surface area contributed by atoms with E-state index in [0.29, 0.717) is 6.04 Å². The zero-order valence-electron chi connectivity index (χ0n) is 12.4. The van der Waals surface area contributed by atoms with Gasteiger partial charge >= 0.3 is 0 Å². The molecule has 0 aliphatic carbocycles. The zero-order chi connectivity index (χ0) is 14.5. The van der Waals surface area contributed by atoms with Gasteiger partial charge in [0, 0.05) is 17.3 Å². The summed E-state index contributed by atoms with van der Waals surface area (Å²) >= 11 is 1.84. The lowest BCUT2D eigenvalue weighted by atomic mass is 10.1. The Kier molecular flexibility index (Phi) is 4.69. The first-order chi connectivity index (χ1) is 10.3. The molecule has 1 unspecified atom stereocenters. The first-order valence-electron chi connectivity index (χ1n) is 7.55. The van der Waals surface area contributed by atoms with Crippen LogP contribution in [0.5, 0.6) is 0 Å². The Labute approximate surface area is 130 Å². The molecule has 0 aliphatic rings. The third-order valence-electron chi connectivity index (χ3n) is 3.91. The van der Waals surface area contributed by atoms with Crippen molar-refractivity contribution in [2.45, 2.75) is 32.4 Å². The minimum atomic E-state index is 0.531. The molecule has 0 bridgehead atoms. The molecule has 2 heteroatoms. The van der Waals surface area contributed by atoms with Crippen LogP contribution in [0.15, 0.2) is 60.0 Å². The minimum Gasteiger partial charge on any atom is -0.310 e. The van der Waals surface area contributed by atoms with Crippen molar-refractivity contribution >= 4 is 21.4 Å². The van der Waals surface area contributed by atoms with Crippen molar-refractivity contribution in [1.82, 2.24) is 5.32 Å². The maximum Gasteiger partial charge on any atom is 0.0346 e. The van der Waals surface area contributed by atoms with Gasteiger partial charge in [-0.05, 0) is 47.7 Å². The molecule has 21 heavy (non-hydrogen) atoms. The lowest BCUT2D eigenvalue weighted by molar-refractivity contribution is 0.515. The van der Waals surface area contributed by atoms with Gasteiger partial charge in [-0.15, -0.1) is 11.3 Å². The molecule has 0 aliphatic heterocycles. The number of hydrogen-bond donors (Lipinski definition) is 1. The summed E-state index contributed by atoms with van der Waals surface area (Å²) in [5.74, 6) is 0. The van der Waals surface area contributed by atoms with Crippen molar-refractivity contribution in [1.29, 1.82) is 0 Å². The Morgan fingerprint density at radius 3 is 2.62 bits per heavy atom. The van der Waals surface area contributed by atoms with Crippen LogP contribution in [0.1, 0.15) is 24.5 Å². The number of aryl methyl sites for hydroxylation is 1. The molecular weight excluding hydrogens is 274 g/mol. The van der Waals surface area contributed by atoms with Crippen LogP contribution >= 0.6 is 11.3 Å². The summed E-state index contributed by atoms with van der Waals surface area (Å²) < 4.78 is 1.38. The van der Waals surface area contributed by atoms with E-state index >= 15 is 0 Å². The summed E-state index contributed by atoms with van der Waals surface area (Å²) in [5.41, 5.74) is 2.84. The Balaban J connectivity index is 1.53. The van der Waals surface area contributed by atoms with E-state index in [9.17, 15) is 0 Å². The summed E-state index contributed by atoms with van der Waals surface area (Å²) in [6, 6.07) is 19.9. The second kappa shape index (κ2) is 6.88. The van der Waals surface area contributed by atoms with Crippen molar-refractivity contribution in [3.05, 3.63) is 71.1 Å². The Morgan fingerprint density at radius 2 is 1.76 bits per heavy atom. The van der Waals surface area contributed by atoms with E-state index < -0.39 is 0 Å². The Morgan fingerprint density at radius 1 is 1.00 bits per heavy atom. The fraction of sp³-hybridized carbons (Fsp3) is 0.263. The van der Waals surface area contributed by atoms with Crippen LogP contribution in [0.4, 0.5) is 0 Å². The predicted octanol–water partition coefficient (Wildman–Crippen LogP) is 5.01. The molecule has 1 heterocycles. The molecule has 1 atom stereocenters. The van der Waals surface area contributed by atoms with Crippen molar-refractivity contribution in [3.63, 3.8) is 0 Å². The molecule has 3 aromatic rings. The number of rotatable bonds is 6. The van der Waals surface area contributed by atoms with Gasteiger partial charge in [-0.2, -0.15) is 0 Å². The standard InChI is InChI=1S/C19H21NS/c1-15(11-12-16-7-3-2-4-8-16)20-13-17-14-21-19-10-6-5-9-18(17)19/h2-10,14-15,20H,11-13H2,1H3. The van der Waals surface area contributed by atoms with Crippen LogP contribution in [-0.4, -0.2) is 6.04 Å². The van der Waals surface area contributed by atoms with Crippen molar-refractivity contribution < 1.29 is 0 Å². The van der Waals surface area contributed by atoms with Crippen molar-refractivity contribution in [2.75, 3.05) is 0 Å². The first-order valence-corrected chi connectivity index (χ1v) is 8.43. The molecule has 1 N–H and O–H groups in total. The largest absolute Gasteiger partial charge is 0.310 e.